The van der Waals surface area contributed by atoms with Crippen LogP contribution >= 0.6 is 0 Å². The van der Waals surface area contributed by atoms with Gasteiger partial charge in [0.15, 0.2) is 0 Å². The maximum Gasteiger partial charge on any atom is 0.123 e. The van der Waals surface area contributed by atoms with E-state index in [4.69, 9.17) is 10.5 Å². The molecule has 0 radical (unpaired) electrons. The number of halogens is 1. The molecule has 112 valence electrons. The van der Waals surface area contributed by atoms with Crippen molar-refractivity contribution in [1.29, 1.82) is 0 Å². The molecule has 2 N–H and O–H groups in total. The maximum atomic E-state index is 13.0. The molecule has 0 saturated heterocycles. The first-order valence-electron chi connectivity index (χ1n) is 7.25. The summed E-state index contributed by atoms with van der Waals surface area (Å²) in [4.78, 5) is 0. The Morgan fingerprint density at radius 3 is 2.48 bits per heavy atom. The maximum absolute atomic E-state index is 13.0. The fourth-order valence-electron chi connectivity index (χ4n) is 2.33. The van der Waals surface area contributed by atoms with Gasteiger partial charge < -0.3 is 10.5 Å². The number of benzene rings is 2. The molecule has 1 unspecified atom stereocenters. The van der Waals surface area contributed by atoms with Crippen molar-refractivity contribution in [3.05, 3.63) is 65.0 Å². The Balaban J connectivity index is 1.94. The second-order valence-corrected chi connectivity index (χ2v) is 5.39. The Bertz CT molecular complexity index is 580. The molecular weight excluding hydrogens is 265 g/mol. The molecule has 21 heavy (non-hydrogen) atoms. The summed E-state index contributed by atoms with van der Waals surface area (Å²) < 4.78 is 18.8. The highest BCUT2D eigenvalue weighted by Crippen LogP contribution is 2.22. The summed E-state index contributed by atoms with van der Waals surface area (Å²) in [6.45, 7) is 5.22. The SMILES string of the molecule is Cc1ccc(C)c(OCCC(CN)c2ccc(F)cc2)c1. The summed E-state index contributed by atoms with van der Waals surface area (Å²) in [7, 11) is 0. The van der Waals surface area contributed by atoms with Gasteiger partial charge in [-0.05, 0) is 67.6 Å². The van der Waals surface area contributed by atoms with Crippen LogP contribution in [0, 0.1) is 19.7 Å². The van der Waals surface area contributed by atoms with E-state index >= 15 is 0 Å². The van der Waals surface area contributed by atoms with Crippen molar-refractivity contribution in [2.75, 3.05) is 13.2 Å². The van der Waals surface area contributed by atoms with E-state index < -0.39 is 0 Å². The fraction of sp³-hybridized carbons (Fsp3) is 0.333. The molecule has 0 fully saturated rings. The zero-order chi connectivity index (χ0) is 15.2. The number of hydrogen-bond acceptors (Lipinski definition) is 2. The Morgan fingerprint density at radius 1 is 1.10 bits per heavy atom. The average molecular weight is 287 g/mol. The molecular formula is C18H22FNO. The highest BCUT2D eigenvalue weighted by Gasteiger charge is 2.10. The number of aryl methyl sites for hydroxylation is 2. The molecule has 0 amide bonds. The Labute approximate surface area is 125 Å². The van der Waals surface area contributed by atoms with Crippen molar-refractivity contribution in [2.45, 2.75) is 26.2 Å². The molecule has 2 aromatic carbocycles. The summed E-state index contributed by atoms with van der Waals surface area (Å²) in [6, 6.07) is 12.7. The minimum absolute atomic E-state index is 0.190. The van der Waals surface area contributed by atoms with Crippen LogP contribution in [0.3, 0.4) is 0 Å². The van der Waals surface area contributed by atoms with Crippen molar-refractivity contribution >= 4 is 0 Å². The first-order valence-corrected chi connectivity index (χ1v) is 7.25. The van der Waals surface area contributed by atoms with Crippen molar-refractivity contribution in [3.63, 3.8) is 0 Å². The predicted molar refractivity (Wildman–Crippen MR) is 84.2 cm³/mol. The average Bonchev–Trinajstić information content (AvgIpc) is 2.48. The van der Waals surface area contributed by atoms with E-state index in [1.54, 1.807) is 12.1 Å². The summed E-state index contributed by atoms with van der Waals surface area (Å²) in [5, 5.41) is 0. The minimum atomic E-state index is -0.221. The number of hydrogen-bond donors (Lipinski definition) is 1. The van der Waals surface area contributed by atoms with E-state index in [9.17, 15) is 4.39 Å². The van der Waals surface area contributed by atoms with E-state index in [1.807, 2.05) is 19.9 Å². The van der Waals surface area contributed by atoms with Gasteiger partial charge >= 0.3 is 0 Å². The van der Waals surface area contributed by atoms with E-state index in [2.05, 4.69) is 12.1 Å². The third-order valence-electron chi connectivity index (χ3n) is 3.69. The summed E-state index contributed by atoms with van der Waals surface area (Å²) in [5.41, 5.74) is 9.20. The van der Waals surface area contributed by atoms with Crippen LogP contribution in [0.1, 0.15) is 29.0 Å². The second kappa shape index (κ2) is 7.23. The molecule has 0 aliphatic rings. The lowest BCUT2D eigenvalue weighted by molar-refractivity contribution is 0.296. The summed E-state index contributed by atoms with van der Waals surface area (Å²) in [6.07, 6.45) is 0.815. The second-order valence-electron chi connectivity index (χ2n) is 5.39. The monoisotopic (exact) mass is 287 g/mol. The van der Waals surface area contributed by atoms with Crippen LogP contribution in [0.4, 0.5) is 4.39 Å². The number of rotatable bonds is 6. The van der Waals surface area contributed by atoms with Gasteiger partial charge in [0, 0.05) is 0 Å². The van der Waals surface area contributed by atoms with Gasteiger partial charge in [-0.2, -0.15) is 0 Å². The van der Waals surface area contributed by atoms with Crippen LogP contribution in [0.2, 0.25) is 0 Å². The molecule has 2 rings (SSSR count). The van der Waals surface area contributed by atoms with Gasteiger partial charge in [0.2, 0.25) is 0 Å². The number of nitrogens with two attached hydrogens (primary N) is 1. The first-order chi connectivity index (χ1) is 10.1. The smallest absolute Gasteiger partial charge is 0.123 e. The first kappa shape index (κ1) is 15.5. The van der Waals surface area contributed by atoms with Crippen LogP contribution in [0.5, 0.6) is 5.75 Å². The van der Waals surface area contributed by atoms with Crippen molar-refractivity contribution in [1.82, 2.24) is 0 Å². The molecule has 0 spiro atoms. The predicted octanol–water partition coefficient (Wildman–Crippen LogP) is 3.95. The topological polar surface area (TPSA) is 35.2 Å². The molecule has 0 saturated carbocycles. The molecule has 0 heterocycles. The lowest BCUT2D eigenvalue weighted by Gasteiger charge is -2.16. The minimum Gasteiger partial charge on any atom is -0.493 e. The third-order valence-corrected chi connectivity index (χ3v) is 3.69. The molecule has 0 aliphatic heterocycles. The molecule has 0 aliphatic carbocycles. The Kier molecular flexibility index (Phi) is 5.34. The normalized spacial score (nSPS) is 12.2. The van der Waals surface area contributed by atoms with Crippen LogP contribution in [0.25, 0.3) is 0 Å². The zero-order valence-corrected chi connectivity index (χ0v) is 12.6. The van der Waals surface area contributed by atoms with Crippen molar-refractivity contribution in [2.24, 2.45) is 5.73 Å². The molecule has 0 aromatic heterocycles. The molecule has 0 bridgehead atoms. The Hall–Kier alpha value is -1.87. The van der Waals surface area contributed by atoms with Crippen LogP contribution in [-0.4, -0.2) is 13.2 Å². The highest BCUT2D eigenvalue weighted by molar-refractivity contribution is 5.36. The van der Waals surface area contributed by atoms with Gasteiger partial charge in [0.25, 0.3) is 0 Å². The fourth-order valence-corrected chi connectivity index (χ4v) is 2.33. The van der Waals surface area contributed by atoms with E-state index in [0.717, 1.165) is 23.3 Å². The molecule has 2 aromatic rings. The van der Waals surface area contributed by atoms with E-state index in [-0.39, 0.29) is 11.7 Å². The lowest BCUT2D eigenvalue weighted by Crippen LogP contribution is -2.15. The highest BCUT2D eigenvalue weighted by atomic mass is 19.1. The molecule has 3 heteroatoms. The van der Waals surface area contributed by atoms with E-state index in [0.29, 0.717) is 13.2 Å². The van der Waals surface area contributed by atoms with Crippen molar-refractivity contribution in [3.8, 4) is 5.75 Å². The molecule has 1 atom stereocenters. The number of ether oxygens (including phenoxy) is 1. The van der Waals surface area contributed by atoms with Gasteiger partial charge in [-0.1, -0.05) is 24.3 Å². The molecule has 2 nitrogen and oxygen atoms in total. The van der Waals surface area contributed by atoms with Crippen LogP contribution in [-0.2, 0) is 0 Å². The van der Waals surface area contributed by atoms with Gasteiger partial charge in [0.1, 0.15) is 11.6 Å². The standard InChI is InChI=1S/C18H22FNO/c1-13-3-4-14(2)18(11-13)21-10-9-16(12-20)15-5-7-17(19)8-6-15/h3-8,11,16H,9-10,12,20H2,1-2H3. The summed E-state index contributed by atoms with van der Waals surface area (Å²) >= 11 is 0. The van der Waals surface area contributed by atoms with Crippen LogP contribution < -0.4 is 10.5 Å². The quantitative estimate of drug-likeness (QED) is 0.873. The van der Waals surface area contributed by atoms with Gasteiger partial charge in [-0.3, -0.25) is 0 Å². The van der Waals surface area contributed by atoms with Gasteiger partial charge in [-0.15, -0.1) is 0 Å². The lowest BCUT2D eigenvalue weighted by atomic mass is 9.96. The van der Waals surface area contributed by atoms with Crippen LogP contribution in [0.15, 0.2) is 42.5 Å². The summed E-state index contributed by atoms with van der Waals surface area (Å²) in [5.74, 6) is 0.891. The van der Waals surface area contributed by atoms with E-state index in [1.165, 1.54) is 17.7 Å². The van der Waals surface area contributed by atoms with Gasteiger partial charge in [-0.25, -0.2) is 4.39 Å². The third kappa shape index (κ3) is 4.30. The van der Waals surface area contributed by atoms with Crippen molar-refractivity contribution < 1.29 is 9.13 Å². The zero-order valence-electron chi connectivity index (χ0n) is 12.6. The largest absolute Gasteiger partial charge is 0.493 e. The van der Waals surface area contributed by atoms with Gasteiger partial charge in [0.05, 0.1) is 6.61 Å². The Morgan fingerprint density at radius 2 is 1.81 bits per heavy atom.